The van der Waals surface area contributed by atoms with E-state index in [1.54, 1.807) is 0 Å². The minimum atomic E-state index is 0.154. The maximum absolute atomic E-state index is 5.78. The van der Waals surface area contributed by atoms with E-state index >= 15 is 0 Å². The third-order valence-corrected chi connectivity index (χ3v) is 4.53. The minimum absolute atomic E-state index is 0.154. The zero-order chi connectivity index (χ0) is 16.6. The summed E-state index contributed by atoms with van der Waals surface area (Å²) in [7, 11) is 0. The van der Waals surface area contributed by atoms with Crippen LogP contribution in [0.15, 0.2) is 47.1 Å². The van der Waals surface area contributed by atoms with Gasteiger partial charge in [0.25, 0.3) is 0 Å². The summed E-state index contributed by atoms with van der Waals surface area (Å²) >= 11 is 3.55. The summed E-state index contributed by atoms with van der Waals surface area (Å²) < 4.78 is 3.18. The average Bonchev–Trinajstić information content (AvgIpc) is 2.84. The first-order chi connectivity index (χ1) is 10.9. The summed E-state index contributed by atoms with van der Waals surface area (Å²) in [4.78, 5) is 4.75. The van der Waals surface area contributed by atoms with Gasteiger partial charge in [0.1, 0.15) is 5.65 Å². The standard InChI is InChI=1S/C19H22BrN3/c1-19(2,3)14-6-4-13(5-7-14)18-16(10-11-21)22-17-9-8-15(20)12-23(17)18/h4-9,12H,10-11,21H2,1-3H3. The quantitative estimate of drug-likeness (QED) is 0.732. The summed E-state index contributed by atoms with van der Waals surface area (Å²) in [6.07, 6.45) is 2.84. The van der Waals surface area contributed by atoms with Gasteiger partial charge in [0, 0.05) is 22.7 Å². The van der Waals surface area contributed by atoms with Crippen LogP contribution in [0.1, 0.15) is 32.0 Å². The third kappa shape index (κ3) is 3.19. The molecule has 0 saturated carbocycles. The van der Waals surface area contributed by atoms with Gasteiger partial charge in [0.2, 0.25) is 0 Å². The van der Waals surface area contributed by atoms with Crippen LogP contribution in [-0.2, 0) is 11.8 Å². The predicted octanol–water partition coefficient (Wildman–Crippen LogP) is 4.56. The number of fused-ring (bicyclic) bond motifs is 1. The Hall–Kier alpha value is -1.65. The van der Waals surface area contributed by atoms with E-state index in [0.29, 0.717) is 6.54 Å². The molecule has 0 saturated heterocycles. The van der Waals surface area contributed by atoms with Crippen molar-refractivity contribution in [1.29, 1.82) is 0 Å². The topological polar surface area (TPSA) is 43.3 Å². The minimum Gasteiger partial charge on any atom is -0.330 e. The molecule has 4 heteroatoms. The maximum Gasteiger partial charge on any atom is 0.137 e. The van der Waals surface area contributed by atoms with Gasteiger partial charge in [-0.05, 0) is 45.6 Å². The number of rotatable bonds is 3. The van der Waals surface area contributed by atoms with E-state index < -0.39 is 0 Å². The number of halogens is 1. The molecule has 0 radical (unpaired) electrons. The molecule has 0 bridgehead atoms. The molecule has 0 amide bonds. The molecule has 3 aromatic rings. The molecule has 23 heavy (non-hydrogen) atoms. The number of pyridine rings is 1. The Balaban J connectivity index is 2.17. The van der Waals surface area contributed by atoms with E-state index in [0.717, 1.165) is 27.9 Å². The third-order valence-electron chi connectivity index (χ3n) is 4.06. The molecule has 0 atom stereocenters. The van der Waals surface area contributed by atoms with Gasteiger partial charge in [0.05, 0.1) is 11.4 Å². The van der Waals surface area contributed by atoms with Crippen LogP contribution in [0.4, 0.5) is 0 Å². The molecule has 120 valence electrons. The largest absolute Gasteiger partial charge is 0.330 e. The van der Waals surface area contributed by atoms with Gasteiger partial charge in [-0.3, -0.25) is 4.40 Å². The smallest absolute Gasteiger partial charge is 0.137 e. The zero-order valence-electron chi connectivity index (χ0n) is 13.8. The van der Waals surface area contributed by atoms with Gasteiger partial charge in [-0.2, -0.15) is 0 Å². The maximum atomic E-state index is 5.78. The lowest BCUT2D eigenvalue weighted by molar-refractivity contribution is 0.590. The van der Waals surface area contributed by atoms with Crippen molar-refractivity contribution in [3.05, 3.63) is 58.3 Å². The van der Waals surface area contributed by atoms with Gasteiger partial charge >= 0.3 is 0 Å². The van der Waals surface area contributed by atoms with Gasteiger partial charge in [-0.25, -0.2) is 4.98 Å². The van der Waals surface area contributed by atoms with Crippen molar-refractivity contribution in [3.8, 4) is 11.3 Å². The van der Waals surface area contributed by atoms with E-state index in [-0.39, 0.29) is 5.41 Å². The van der Waals surface area contributed by atoms with Crippen LogP contribution >= 0.6 is 15.9 Å². The van der Waals surface area contributed by atoms with E-state index in [1.165, 1.54) is 11.1 Å². The monoisotopic (exact) mass is 371 g/mol. The highest BCUT2D eigenvalue weighted by Gasteiger charge is 2.16. The van der Waals surface area contributed by atoms with Crippen molar-refractivity contribution in [3.63, 3.8) is 0 Å². The lowest BCUT2D eigenvalue weighted by Crippen LogP contribution is -2.10. The van der Waals surface area contributed by atoms with Gasteiger partial charge in [0.15, 0.2) is 0 Å². The Morgan fingerprint density at radius 3 is 2.39 bits per heavy atom. The summed E-state index contributed by atoms with van der Waals surface area (Å²) in [5.74, 6) is 0. The first-order valence-electron chi connectivity index (χ1n) is 7.87. The van der Waals surface area contributed by atoms with Crippen LogP contribution in [0.25, 0.3) is 16.9 Å². The number of imidazole rings is 1. The molecule has 0 aliphatic rings. The molecule has 0 spiro atoms. The summed E-state index contributed by atoms with van der Waals surface area (Å²) in [6.45, 7) is 7.28. The number of aromatic nitrogens is 2. The number of nitrogens with two attached hydrogens (primary N) is 1. The van der Waals surface area contributed by atoms with Gasteiger partial charge in [-0.15, -0.1) is 0 Å². The van der Waals surface area contributed by atoms with Crippen molar-refractivity contribution in [1.82, 2.24) is 9.38 Å². The number of hydrogen-bond donors (Lipinski definition) is 1. The fourth-order valence-corrected chi connectivity index (χ4v) is 3.15. The second-order valence-corrected chi connectivity index (χ2v) is 7.76. The summed E-state index contributed by atoms with van der Waals surface area (Å²) in [6, 6.07) is 12.8. The van der Waals surface area contributed by atoms with Crippen molar-refractivity contribution in [2.45, 2.75) is 32.6 Å². The Morgan fingerprint density at radius 1 is 1.09 bits per heavy atom. The molecule has 0 fully saturated rings. The molecule has 3 rings (SSSR count). The number of benzene rings is 1. The van der Waals surface area contributed by atoms with Crippen molar-refractivity contribution < 1.29 is 0 Å². The molecule has 0 unspecified atom stereocenters. The second kappa shape index (κ2) is 6.10. The molecule has 0 aliphatic carbocycles. The highest BCUT2D eigenvalue weighted by Crippen LogP contribution is 2.30. The predicted molar refractivity (Wildman–Crippen MR) is 99.8 cm³/mol. The lowest BCUT2D eigenvalue weighted by atomic mass is 9.86. The van der Waals surface area contributed by atoms with Crippen LogP contribution in [0, 0.1) is 0 Å². The zero-order valence-corrected chi connectivity index (χ0v) is 15.4. The fourth-order valence-electron chi connectivity index (χ4n) is 2.81. The van der Waals surface area contributed by atoms with Crippen LogP contribution < -0.4 is 5.73 Å². The van der Waals surface area contributed by atoms with Crippen molar-refractivity contribution in [2.75, 3.05) is 6.54 Å². The SMILES string of the molecule is CC(C)(C)c1ccc(-c2c(CCN)nc3ccc(Br)cn23)cc1. The highest BCUT2D eigenvalue weighted by atomic mass is 79.9. The van der Waals surface area contributed by atoms with E-state index in [2.05, 4.69) is 71.6 Å². The Bertz CT molecular complexity index is 826. The van der Waals surface area contributed by atoms with Crippen LogP contribution in [-0.4, -0.2) is 15.9 Å². The molecular weight excluding hydrogens is 350 g/mol. The highest BCUT2D eigenvalue weighted by molar-refractivity contribution is 9.10. The molecule has 2 aromatic heterocycles. The molecule has 3 nitrogen and oxygen atoms in total. The van der Waals surface area contributed by atoms with Crippen molar-refractivity contribution in [2.24, 2.45) is 5.73 Å². The molecule has 2 N–H and O–H groups in total. The Kier molecular flexibility index (Phi) is 4.30. The number of hydrogen-bond acceptors (Lipinski definition) is 2. The second-order valence-electron chi connectivity index (χ2n) is 6.85. The van der Waals surface area contributed by atoms with Crippen molar-refractivity contribution >= 4 is 21.6 Å². The normalized spacial score (nSPS) is 12.0. The van der Waals surface area contributed by atoms with E-state index in [4.69, 9.17) is 10.7 Å². The van der Waals surface area contributed by atoms with Gasteiger partial charge < -0.3 is 5.73 Å². The van der Waals surface area contributed by atoms with Crippen LogP contribution in [0.5, 0.6) is 0 Å². The fraction of sp³-hybridized carbons (Fsp3) is 0.316. The summed E-state index contributed by atoms with van der Waals surface area (Å²) in [5.41, 5.74) is 11.6. The number of nitrogens with zero attached hydrogens (tertiary/aromatic N) is 2. The van der Waals surface area contributed by atoms with Crippen LogP contribution in [0.2, 0.25) is 0 Å². The molecule has 1 aromatic carbocycles. The Labute approximate surface area is 145 Å². The van der Waals surface area contributed by atoms with Crippen LogP contribution in [0.3, 0.4) is 0 Å². The first-order valence-corrected chi connectivity index (χ1v) is 8.67. The molecular formula is C19H22BrN3. The van der Waals surface area contributed by atoms with E-state index in [1.807, 2.05) is 12.1 Å². The molecule has 0 aliphatic heterocycles. The van der Waals surface area contributed by atoms with Gasteiger partial charge in [-0.1, -0.05) is 45.0 Å². The van der Waals surface area contributed by atoms with E-state index in [9.17, 15) is 0 Å². The summed E-state index contributed by atoms with van der Waals surface area (Å²) in [5, 5.41) is 0. The average molecular weight is 372 g/mol. The lowest BCUT2D eigenvalue weighted by Gasteiger charge is -2.19. The Morgan fingerprint density at radius 2 is 1.78 bits per heavy atom. The molecule has 2 heterocycles. The first kappa shape index (κ1) is 16.2.